The van der Waals surface area contributed by atoms with Gasteiger partial charge in [-0.05, 0) is 6.42 Å². The van der Waals surface area contributed by atoms with Crippen molar-refractivity contribution in [3.63, 3.8) is 0 Å². The highest BCUT2D eigenvalue weighted by Gasteiger charge is 2.24. The molecule has 0 saturated carbocycles. The number of amides is 1. The maximum absolute atomic E-state index is 12.1. The smallest absolute Gasteiger partial charge is 0.270 e. The molecule has 1 saturated heterocycles. The molecule has 2 N–H and O–H groups in total. The van der Waals surface area contributed by atoms with Gasteiger partial charge in [-0.15, -0.1) is 0 Å². The third-order valence-electron chi connectivity index (χ3n) is 4.24. The molecule has 126 valence electrons. The molecule has 0 unspecified atom stereocenters. The summed E-state index contributed by atoms with van der Waals surface area (Å²) < 4.78 is 5.37. The predicted molar refractivity (Wildman–Crippen MR) is 87.9 cm³/mol. The molecular formula is C16H25N5O2. The van der Waals surface area contributed by atoms with Crippen LogP contribution in [0.5, 0.6) is 0 Å². The number of nitrogens with one attached hydrogen (secondary N) is 2. The fourth-order valence-electron chi connectivity index (χ4n) is 2.87. The lowest BCUT2D eigenvalue weighted by Crippen LogP contribution is -2.39. The van der Waals surface area contributed by atoms with E-state index in [-0.39, 0.29) is 11.8 Å². The van der Waals surface area contributed by atoms with Gasteiger partial charge in [0.15, 0.2) is 0 Å². The highest BCUT2D eigenvalue weighted by atomic mass is 16.5. The predicted octanol–water partition coefficient (Wildman–Crippen LogP) is 0.630. The average molecular weight is 319 g/mol. The number of hydrogen-bond donors (Lipinski definition) is 2. The number of nitrogens with zero attached hydrogens (tertiary/aromatic N) is 3. The summed E-state index contributed by atoms with van der Waals surface area (Å²) in [7, 11) is 0. The van der Waals surface area contributed by atoms with Crippen LogP contribution >= 0.6 is 0 Å². The third kappa shape index (κ3) is 3.79. The van der Waals surface area contributed by atoms with Crippen LogP contribution in [0.3, 0.4) is 0 Å². The Labute approximate surface area is 136 Å². The second kappa shape index (κ2) is 7.23. The van der Waals surface area contributed by atoms with Crippen LogP contribution in [-0.2, 0) is 11.2 Å². The van der Waals surface area contributed by atoms with E-state index in [4.69, 9.17) is 4.74 Å². The lowest BCUT2D eigenvalue weighted by atomic mass is 10.1. The highest BCUT2D eigenvalue weighted by molar-refractivity contribution is 5.96. The van der Waals surface area contributed by atoms with Crippen molar-refractivity contribution in [1.29, 1.82) is 0 Å². The first-order valence-corrected chi connectivity index (χ1v) is 8.38. The molecule has 0 radical (unpaired) electrons. The average Bonchev–Trinajstić information content (AvgIpc) is 2.56. The number of aromatic nitrogens is 2. The molecule has 0 aromatic carbocycles. The molecule has 0 spiro atoms. The fourth-order valence-corrected chi connectivity index (χ4v) is 2.87. The van der Waals surface area contributed by atoms with Gasteiger partial charge < -0.3 is 15.4 Å². The molecule has 0 aliphatic carbocycles. The molecule has 2 aliphatic rings. The summed E-state index contributed by atoms with van der Waals surface area (Å²) in [6.45, 7) is 10.1. The third-order valence-corrected chi connectivity index (χ3v) is 4.24. The largest absolute Gasteiger partial charge is 0.379 e. The van der Waals surface area contributed by atoms with Gasteiger partial charge in [-0.2, -0.15) is 0 Å². The summed E-state index contributed by atoms with van der Waals surface area (Å²) in [6.07, 6.45) is 0.777. The lowest BCUT2D eigenvalue weighted by Gasteiger charge is -2.27. The molecule has 7 heteroatoms. The van der Waals surface area contributed by atoms with Crippen molar-refractivity contribution in [2.45, 2.75) is 26.2 Å². The first kappa shape index (κ1) is 16.1. The van der Waals surface area contributed by atoms with Crippen molar-refractivity contribution in [1.82, 2.24) is 20.2 Å². The van der Waals surface area contributed by atoms with E-state index >= 15 is 0 Å². The van der Waals surface area contributed by atoms with Gasteiger partial charge in [0.05, 0.1) is 13.2 Å². The first-order valence-electron chi connectivity index (χ1n) is 8.38. The van der Waals surface area contributed by atoms with Crippen LogP contribution in [0.15, 0.2) is 0 Å². The van der Waals surface area contributed by atoms with Gasteiger partial charge in [-0.3, -0.25) is 9.69 Å². The van der Waals surface area contributed by atoms with E-state index in [0.717, 1.165) is 63.0 Å². The van der Waals surface area contributed by atoms with Crippen molar-refractivity contribution in [3.05, 3.63) is 17.1 Å². The molecule has 23 heavy (non-hydrogen) atoms. The summed E-state index contributed by atoms with van der Waals surface area (Å²) >= 11 is 0. The molecule has 2 aliphatic heterocycles. The monoisotopic (exact) mass is 319 g/mol. The Balaban J connectivity index is 1.73. The number of rotatable bonds is 5. The maximum atomic E-state index is 12.1. The van der Waals surface area contributed by atoms with Gasteiger partial charge >= 0.3 is 0 Å². The number of morpholine rings is 1. The maximum Gasteiger partial charge on any atom is 0.270 e. The number of carbonyl (C=O) groups excluding carboxylic acids is 1. The van der Waals surface area contributed by atoms with Gasteiger partial charge in [0, 0.05) is 44.2 Å². The molecule has 0 atom stereocenters. The van der Waals surface area contributed by atoms with E-state index in [1.54, 1.807) is 0 Å². The summed E-state index contributed by atoms with van der Waals surface area (Å²) in [6, 6.07) is 0. The number of hydrogen-bond acceptors (Lipinski definition) is 6. The Morgan fingerprint density at radius 3 is 2.83 bits per heavy atom. The number of fused-ring (bicyclic) bond motifs is 1. The topological polar surface area (TPSA) is 79.4 Å². The van der Waals surface area contributed by atoms with Crippen LogP contribution in [-0.4, -0.2) is 66.7 Å². The van der Waals surface area contributed by atoms with E-state index in [1.807, 2.05) is 13.8 Å². The van der Waals surface area contributed by atoms with Crippen LogP contribution in [0.25, 0.3) is 0 Å². The standard InChI is InChI=1S/C16H25N5O2/c1-11(2)14-19-13-12(3-4-18-16(13)22)15(20-14)17-5-6-21-7-9-23-10-8-21/h11H,3-10H2,1-2H3,(H,18,22)(H,17,19,20). The van der Waals surface area contributed by atoms with Gasteiger partial charge in [0.25, 0.3) is 5.91 Å². The second-order valence-corrected chi connectivity index (χ2v) is 6.30. The number of anilines is 1. The summed E-state index contributed by atoms with van der Waals surface area (Å²) in [4.78, 5) is 23.6. The van der Waals surface area contributed by atoms with Crippen molar-refractivity contribution >= 4 is 11.7 Å². The Morgan fingerprint density at radius 2 is 2.09 bits per heavy atom. The van der Waals surface area contributed by atoms with Crippen LogP contribution in [0.1, 0.15) is 41.6 Å². The molecule has 7 nitrogen and oxygen atoms in total. The zero-order valence-corrected chi connectivity index (χ0v) is 13.9. The Hall–Kier alpha value is -1.73. The van der Waals surface area contributed by atoms with Crippen LogP contribution in [0.2, 0.25) is 0 Å². The van der Waals surface area contributed by atoms with Crippen LogP contribution in [0.4, 0.5) is 5.82 Å². The second-order valence-electron chi connectivity index (χ2n) is 6.30. The molecule has 1 aromatic heterocycles. The Kier molecular flexibility index (Phi) is 5.07. The van der Waals surface area contributed by atoms with E-state index < -0.39 is 0 Å². The quantitative estimate of drug-likeness (QED) is 0.829. The molecule has 3 rings (SSSR count). The van der Waals surface area contributed by atoms with Gasteiger partial charge in [0.1, 0.15) is 17.3 Å². The SMILES string of the molecule is CC(C)c1nc(NCCN2CCOCC2)c2c(n1)C(=O)NCC2. The van der Waals surface area contributed by atoms with Gasteiger partial charge in [0.2, 0.25) is 0 Å². The van der Waals surface area contributed by atoms with E-state index in [0.29, 0.717) is 12.2 Å². The minimum Gasteiger partial charge on any atom is -0.379 e. The Morgan fingerprint density at radius 1 is 1.30 bits per heavy atom. The van der Waals surface area contributed by atoms with Crippen molar-refractivity contribution in [3.8, 4) is 0 Å². The lowest BCUT2D eigenvalue weighted by molar-refractivity contribution is 0.0398. The molecular weight excluding hydrogens is 294 g/mol. The Bertz CT molecular complexity index is 570. The zero-order chi connectivity index (χ0) is 16.2. The summed E-state index contributed by atoms with van der Waals surface area (Å²) in [5.41, 5.74) is 1.48. The van der Waals surface area contributed by atoms with Gasteiger partial charge in [-0.25, -0.2) is 9.97 Å². The zero-order valence-electron chi connectivity index (χ0n) is 13.9. The molecule has 1 aromatic rings. The molecule has 3 heterocycles. The normalized spacial score (nSPS) is 18.7. The van der Waals surface area contributed by atoms with Crippen molar-refractivity contribution in [2.24, 2.45) is 0 Å². The number of ether oxygens (including phenoxy) is 1. The molecule has 1 amide bonds. The van der Waals surface area contributed by atoms with E-state index in [2.05, 4.69) is 25.5 Å². The fraction of sp³-hybridized carbons (Fsp3) is 0.688. The van der Waals surface area contributed by atoms with Gasteiger partial charge in [-0.1, -0.05) is 13.8 Å². The summed E-state index contributed by atoms with van der Waals surface area (Å²) in [5.74, 6) is 1.64. The molecule has 0 bridgehead atoms. The van der Waals surface area contributed by atoms with Crippen molar-refractivity contribution < 1.29 is 9.53 Å². The van der Waals surface area contributed by atoms with Crippen LogP contribution in [0, 0.1) is 0 Å². The molecule has 1 fully saturated rings. The van der Waals surface area contributed by atoms with Crippen molar-refractivity contribution in [2.75, 3.05) is 51.3 Å². The van der Waals surface area contributed by atoms with E-state index in [9.17, 15) is 4.79 Å². The number of carbonyl (C=O) groups is 1. The van der Waals surface area contributed by atoms with E-state index in [1.165, 1.54) is 0 Å². The summed E-state index contributed by atoms with van der Waals surface area (Å²) in [5, 5.41) is 6.28. The highest BCUT2D eigenvalue weighted by Crippen LogP contribution is 2.23. The first-order chi connectivity index (χ1) is 11.1. The minimum absolute atomic E-state index is 0.0909. The minimum atomic E-state index is -0.0909. The van der Waals surface area contributed by atoms with Crippen LogP contribution < -0.4 is 10.6 Å².